The second-order valence-corrected chi connectivity index (χ2v) is 6.48. The Morgan fingerprint density at radius 2 is 1.96 bits per heavy atom. The number of hydrogen-bond donors (Lipinski definition) is 2. The van der Waals surface area contributed by atoms with Crippen molar-refractivity contribution in [3.8, 4) is 5.75 Å². The first-order valence-electron chi connectivity index (χ1n) is 8.77. The van der Waals surface area contributed by atoms with E-state index in [2.05, 4.69) is 28.0 Å². The number of aliphatic imine (C=N–C) groups is 1. The zero-order chi connectivity index (χ0) is 17.8. The highest BCUT2D eigenvalue weighted by molar-refractivity contribution is 5.70. The average molecular weight is 351 g/mol. The number of aromatic nitrogens is 1. The van der Waals surface area contributed by atoms with Crippen molar-refractivity contribution in [1.82, 2.24) is 20.7 Å². The monoisotopic (exact) mass is 351 g/mol. The van der Waals surface area contributed by atoms with Gasteiger partial charge in [0.2, 0.25) is 0 Å². The Labute approximate surface area is 152 Å². The van der Waals surface area contributed by atoms with Gasteiger partial charge in [-0.25, -0.2) is 15.2 Å². The second-order valence-electron chi connectivity index (χ2n) is 6.48. The predicted molar refractivity (Wildman–Crippen MR) is 97.4 cm³/mol. The first-order valence-corrected chi connectivity index (χ1v) is 8.77. The molecule has 2 N–H and O–H groups in total. The third-order valence-electron chi connectivity index (χ3n) is 4.99. The Morgan fingerprint density at radius 3 is 2.62 bits per heavy atom. The van der Waals surface area contributed by atoms with Gasteiger partial charge in [-0.3, -0.25) is 4.98 Å². The first-order chi connectivity index (χ1) is 12.8. The van der Waals surface area contributed by atoms with E-state index in [1.165, 1.54) is 6.20 Å². The molecule has 0 bridgehead atoms. The molecule has 1 amide bonds. The minimum Gasteiger partial charge on any atom is -0.409 e. The van der Waals surface area contributed by atoms with E-state index >= 15 is 0 Å². The number of hydrazine groups is 1. The number of rotatable bonds is 3. The molecule has 1 saturated heterocycles. The lowest BCUT2D eigenvalue weighted by molar-refractivity contribution is 0.0994. The van der Waals surface area contributed by atoms with Crippen molar-refractivity contribution in [2.75, 3.05) is 13.1 Å². The SMILES string of the molecule is O=C(Oc1cccnc1)N1CCC(C2(c3ccccc3)N=CNN2)CC1. The molecule has 26 heavy (non-hydrogen) atoms. The van der Waals surface area contributed by atoms with Gasteiger partial charge in [0.05, 0.1) is 12.5 Å². The quantitative estimate of drug-likeness (QED) is 0.887. The normalized spacial score (nSPS) is 22.8. The predicted octanol–water partition coefficient (Wildman–Crippen LogP) is 2.28. The van der Waals surface area contributed by atoms with Crippen LogP contribution in [0.3, 0.4) is 0 Å². The van der Waals surface area contributed by atoms with Crippen LogP contribution in [0.2, 0.25) is 0 Å². The standard InChI is InChI=1S/C19H21N5O2/c25-18(26-17-7-4-10-20-13-17)24-11-8-16(9-12-24)19(21-14-22-23-19)15-5-2-1-3-6-15/h1-7,10,13-14,16,23H,8-9,11-12H2,(H,21,22). The van der Waals surface area contributed by atoms with Crippen LogP contribution >= 0.6 is 0 Å². The molecule has 0 aliphatic carbocycles. The van der Waals surface area contributed by atoms with Crippen LogP contribution in [0.25, 0.3) is 0 Å². The summed E-state index contributed by atoms with van der Waals surface area (Å²) in [6.07, 6.45) is 6.24. The number of piperidine rings is 1. The van der Waals surface area contributed by atoms with Crippen molar-refractivity contribution < 1.29 is 9.53 Å². The molecule has 7 nitrogen and oxygen atoms in total. The van der Waals surface area contributed by atoms with Gasteiger partial charge in [-0.1, -0.05) is 30.3 Å². The zero-order valence-electron chi connectivity index (χ0n) is 14.3. The highest BCUT2D eigenvalue weighted by Crippen LogP contribution is 2.38. The Kier molecular flexibility index (Phi) is 4.53. The van der Waals surface area contributed by atoms with Gasteiger partial charge in [-0.2, -0.15) is 0 Å². The Balaban J connectivity index is 1.43. The number of nitrogens with zero attached hydrogens (tertiary/aromatic N) is 3. The molecule has 0 saturated carbocycles. The number of carbonyl (C=O) groups excluding carboxylic acids is 1. The molecule has 1 atom stereocenters. The lowest BCUT2D eigenvalue weighted by atomic mass is 9.80. The molecule has 3 heterocycles. The zero-order valence-corrected chi connectivity index (χ0v) is 14.3. The van der Waals surface area contributed by atoms with Crippen LogP contribution in [-0.2, 0) is 5.66 Å². The summed E-state index contributed by atoms with van der Waals surface area (Å²) < 4.78 is 5.39. The minimum atomic E-state index is -0.486. The van der Waals surface area contributed by atoms with E-state index in [9.17, 15) is 4.79 Å². The van der Waals surface area contributed by atoms with Crippen LogP contribution in [-0.4, -0.2) is 35.4 Å². The molecule has 4 rings (SSSR count). The fraction of sp³-hybridized carbons (Fsp3) is 0.316. The molecule has 1 unspecified atom stereocenters. The summed E-state index contributed by atoms with van der Waals surface area (Å²) in [6, 6.07) is 13.7. The van der Waals surface area contributed by atoms with E-state index in [0.717, 1.165) is 18.4 Å². The molecule has 2 aromatic rings. The number of pyridine rings is 1. The molecule has 1 aromatic heterocycles. The van der Waals surface area contributed by atoms with E-state index < -0.39 is 5.66 Å². The Morgan fingerprint density at radius 1 is 1.15 bits per heavy atom. The molecule has 2 aliphatic rings. The molecular weight excluding hydrogens is 330 g/mol. The maximum absolute atomic E-state index is 12.4. The third kappa shape index (κ3) is 3.13. The van der Waals surface area contributed by atoms with Crippen LogP contribution in [0.1, 0.15) is 18.4 Å². The molecule has 0 spiro atoms. The van der Waals surface area contributed by atoms with E-state index in [4.69, 9.17) is 9.73 Å². The van der Waals surface area contributed by atoms with Gasteiger partial charge in [-0.15, -0.1) is 0 Å². The van der Waals surface area contributed by atoms with E-state index in [0.29, 0.717) is 18.8 Å². The second kappa shape index (κ2) is 7.13. The highest BCUT2D eigenvalue weighted by atomic mass is 16.6. The number of nitrogens with one attached hydrogen (secondary N) is 2. The van der Waals surface area contributed by atoms with Gasteiger partial charge in [0.15, 0.2) is 11.4 Å². The molecule has 1 fully saturated rings. The fourth-order valence-electron chi connectivity index (χ4n) is 3.64. The number of carbonyl (C=O) groups is 1. The van der Waals surface area contributed by atoms with Crippen LogP contribution in [0.15, 0.2) is 59.9 Å². The molecule has 2 aliphatic heterocycles. The first kappa shape index (κ1) is 16.5. The summed E-state index contributed by atoms with van der Waals surface area (Å²) in [5.41, 5.74) is 6.98. The summed E-state index contributed by atoms with van der Waals surface area (Å²) in [5, 5.41) is 0. The topological polar surface area (TPSA) is 78.8 Å². The highest BCUT2D eigenvalue weighted by Gasteiger charge is 2.43. The molecular formula is C19H21N5O2. The van der Waals surface area contributed by atoms with Gasteiger partial charge < -0.3 is 15.1 Å². The maximum Gasteiger partial charge on any atom is 0.415 e. The average Bonchev–Trinajstić information content (AvgIpc) is 3.21. The van der Waals surface area contributed by atoms with Crippen LogP contribution in [0, 0.1) is 5.92 Å². The van der Waals surface area contributed by atoms with Crippen LogP contribution < -0.4 is 15.6 Å². The number of hydrogen-bond acceptors (Lipinski definition) is 6. The third-order valence-corrected chi connectivity index (χ3v) is 4.99. The smallest absolute Gasteiger partial charge is 0.409 e. The summed E-state index contributed by atoms with van der Waals surface area (Å²) >= 11 is 0. The summed E-state index contributed by atoms with van der Waals surface area (Å²) in [4.78, 5) is 22.8. The number of ether oxygens (including phenoxy) is 1. The van der Waals surface area contributed by atoms with Crippen molar-refractivity contribution in [2.24, 2.45) is 10.9 Å². The summed E-state index contributed by atoms with van der Waals surface area (Å²) in [6.45, 7) is 1.27. The molecule has 134 valence electrons. The number of benzene rings is 1. The molecule has 0 radical (unpaired) electrons. The van der Waals surface area contributed by atoms with E-state index in [-0.39, 0.29) is 12.0 Å². The van der Waals surface area contributed by atoms with Gasteiger partial charge in [-0.05, 0) is 30.5 Å². The largest absolute Gasteiger partial charge is 0.415 e. The number of likely N-dealkylation sites (tertiary alicyclic amines) is 1. The van der Waals surface area contributed by atoms with Gasteiger partial charge >= 0.3 is 6.09 Å². The lowest BCUT2D eigenvalue weighted by Gasteiger charge is -2.40. The Bertz CT molecular complexity index is 775. The van der Waals surface area contributed by atoms with Crippen molar-refractivity contribution in [2.45, 2.75) is 18.5 Å². The number of amides is 1. The van der Waals surface area contributed by atoms with Gasteiger partial charge in [0.1, 0.15) is 0 Å². The van der Waals surface area contributed by atoms with Gasteiger partial charge in [0, 0.05) is 25.2 Å². The lowest BCUT2D eigenvalue weighted by Crippen LogP contribution is -2.52. The van der Waals surface area contributed by atoms with Gasteiger partial charge in [0.25, 0.3) is 0 Å². The fourth-order valence-corrected chi connectivity index (χ4v) is 3.64. The summed E-state index contributed by atoms with van der Waals surface area (Å²) in [7, 11) is 0. The van der Waals surface area contributed by atoms with Crippen molar-refractivity contribution in [1.29, 1.82) is 0 Å². The van der Waals surface area contributed by atoms with Crippen molar-refractivity contribution >= 4 is 12.4 Å². The van der Waals surface area contributed by atoms with Crippen molar-refractivity contribution in [3.05, 3.63) is 60.4 Å². The Hall–Kier alpha value is -2.93. The summed E-state index contributed by atoms with van der Waals surface area (Å²) in [5.74, 6) is 0.741. The van der Waals surface area contributed by atoms with Crippen molar-refractivity contribution in [3.63, 3.8) is 0 Å². The maximum atomic E-state index is 12.4. The molecule has 7 heteroatoms. The van der Waals surface area contributed by atoms with E-state index in [1.54, 1.807) is 29.6 Å². The van der Waals surface area contributed by atoms with E-state index in [1.807, 2.05) is 18.2 Å². The molecule has 1 aromatic carbocycles. The van der Waals surface area contributed by atoms with Crippen LogP contribution in [0.4, 0.5) is 4.79 Å². The van der Waals surface area contributed by atoms with Crippen LogP contribution in [0.5, 0.6) is 5.75 Å². The minimum absolute atomic E-state index is 0.276.